The van der Waals surface area contributed by atoms with E-state index in [-0.39, 0.29) is 12.0 Å². The molecule has 0 aliphatic carbocycles. The van der Waals surface area contributed by atoms with Crippen molar-refractivity contribution >= 4 is 23.2 Å². The van der Waals surface area contributed by atoms with E-state index in [9.17, 15) is 4.79 Å². The van der Waals surface area contributed by atoms with Gasteiger partial charge in [-0.15, -0.1) is 0 Å². The number of hydrogen-bond acceptors (Lipinski definition) is 4. The van der Waals surface area contributed by atoms with Crippen LogP contribution in [0.4, 0.5) is 5.69 Å². The number of nitrogens with one attached hydrogen (secondary N) is 1. The van der Waals surface area contributed by atoms with Crippen molar-refractivity contribution in [2.75, 3.05) is 19.0 Å². The molecule has 0 bridgehead atoms. The van der Waals surface area contributed by atoms with Gasteiger partial charge in [0.15, 0.2) is 5.75 Å². The smallest absolute Gasteiger partial charge is 0.224 e. The Morgan fingerprint density at radius 1 is 1.23 bits per heavy atom. The Labute approximate surface area is 158 Å². The fraction of sp³-hybridized carbons (Fsp3) is 0.350. The number of ether oxygens (including phenoxy) is 3. The van der Waals surface area contributed by atoms with Gasteiger partial charge in [-0.25, -0.2) is 0 Å². The third-order valence-corrected chi connectivity index (χ3v) is 4.46. The quantitative estimate of drug-likeness (QED) is 0.736. The Hall–Kier alpha value is -2.24. The molecule has 5 nitrogen and oxygen atoms in total. The Morgan fingerprint density at radius 2 is 2.00 bits per heavy atom. The van der Waals surface area contributed by atoms with E-state index in [4.69, 9.17) is 25.8 Å². The lowest BCUT2D eigenvalue weighted by molar-refractivity contribution is -0.116. The average molecular weight is 376 g/mol. The largest absolute Gasteiger partial charge is 0.497 e. The van der Waals surface area contributed by atoms with E-state index in [2.05, 4.69) is 5.32 Å². The predicted octanol–water partition coefficient (Wildman–Crippen LogP) is 5.04. The van der Waals surface area contributed by atoms with Crippen LogP contribution in [-0.2, 0) is 9.53 Å². The van der Waals surface area contributed by atoms with E-state index in [1.807, 2.05) is 12.1 Å². The van der Waals surface area contributed by atoms with Gasteiger partial charge >= 0.3 is 0 Å². The van der Waals surface area contributed by atoms with Crippen LogP contribution in [-0.4, -0.2) is 25.7 Å². The second kappa shape index (κ2) is 8.92. The Balaban J connectivity index is 1.65. The summed E-state index contributed by atoms with van der Waals surface area (Å²) in [6, 6.07) is 12.4. The minimum atomic E-state index is -0.0812. The number of hydrogen-bond donors (Lipinski definition) is 1. The summed E-state index contributed by atoms with van der Waals surface area (Å²) in [5, 5.41) is 3.42. The van der Waals surface area contributed by atoms with Crippen molar-refractivity contribution in [1.82, 2.24) is 0 Å². The molecule has 1 atom stereocenters. The molecule has 0 aromatic heterocycles. The van der Waals surface area contributed by atoms with Crippen LogP contribution in [0.25, 0.3) is 0 Å². The van der Waals surface area contributed by atoms with E-state index < -0.39 is 0 Å². The standard InChI is InChI=1S/C20H22ClNO4/c1-24-15-5-7-17(8-6-15)26-19-10-4-14(21)13-18(19)22-20(23)11-9-16-3-2-12-25-16/h4-8,10,13,16H,2-3,9,11-12H2,1H3,(H,22,23). The molecule has 1 N–H and O–H groups in total. The number of halogens is 1. The normalized spacial score (nSPS) is 16.3. The molecule has 3 rings (SSSR count). The summed E-state index contributed by atoms with van der Waals surface area (Å²) in [5.41, 5.74) is 0.547. The van der Waals surface area contributed by atoms with Crippen LogP contribution in [0.3, 0.4) is 0 Å². The summed E-state index contributed by atoms with van der Waals surface area (Å²) in [5.74, 6) is 1.84. The predicted molar refractivity (Wildman–Crippen MR) is 101 cm³/mol. The van der Waals surface area contributed by atoms with E-state index in [1.165, 1.54) is 0 Å². The van der Waals surface area contributed by atoms with Crippen molar-refractivity contribution in [1.29, 1.82) is 0 Å². The number of benzene rings is 2. The molecular formula is C20H22ClNO4. The second-order valence-electron chi connectivity index (χ2n) is 6.14. The number of rotatable bonds is 7. The first-order valence-corrected chi connectivity index (χ1v) is 9.05. The number of amides is 1. The molecule has 1 aliphatic heterocycles. The van der Waals surface area contributed by atoms with Gasteiger partial charge < -0.3 is 19.5 Å². The molecule has 1 unspecified atom stereocenters. The van der Waals surface area contributed by atoms with E-state index in [0.29, 0.717) is 28.6 Å². The number of anilines is 1. The lowest BCUT2D eigenvalue weighted by Gasteiger charge is -2.14. The third kappa shape index (κ3) is 5.13. The maximum absolute atomic E-state index is 12.3. The van der Waals surface area contributed by atoms with Gasteiger partial charge in [-0.05, 0) is 61.7 Å². The van der Waals surface area contributed by atoms with Crippen molar-refractivity contribution in [3.63, 3.8) is 0 Å². The first-order chi connectivity index (χ1) is 12.6. The van der Waals surface area contributed by atoms with Crippen LogP contribution in [0.1, 0.15) is 25.7 Å². The van der Waals surface area contributed by atoms with Gasteiger partial charge in [0.2, 0.25) is 5.91 Å². The third-order valence-electron chi connectivity index (χ3n) is 4.22. The van der Waals surface area contributed by atoms with E-state index >= 15 is 0 Å². The Kier molecular flexibility index (Phi) is 6.36. The molecule has 1 amide bonds. The molecule has 0 spiro atoms. The molecule has 1 heterocycles. The van der Waals surface area contributed by atoms with E-state index in [1.54, 1.807) is 37.4 Å². The maximum atomic E-state index is 12.3. The topological polar surface area (TPSA) is 56.8 Å². The summed E-state index contributed by atoms with van der Waals surface area (Å²) in [7, 11) is 1.61. The second-order valence-corrected chi connectivity index (χ2v) is 6.58. The zero-order chi connectivity index (χ0) is 18.4. The van der Waals surface area contributed by atoms with Gasteiger partial charge in [0.1, 0.15) is 11.5 Å². The molecule has 0 radical (unpaired) electrons. The number of carbonyl (C=O) groups excluding carboxylic acids is 1. The Bertz CT molecular complexity index is 742. The maximum Gasteiger partial charge on any atom is 0.224 e. The van der Waals surface area contributed by atoms with Gasteiger partial charge in [-0.1, -0.05) is 11.6 Å². The molecule has 1 aliphatic rings. The molecule has 2 aromatic rings. The highest BCUT2D eigenvalue weighted by Crippen LogP contribution is 2.33. The van der Waals surface area contributed by atoms with E-state index in [0.717, 1.165) is 31.6 Å². The van der Waals surface area contributed by atoms with Crippen molar-refractivity contribution < 1.29 is 19.0 Å². The highest BCUT2D eigenvalue weighted by Gasteiger charge is 2.17. The highest BCUT2D eigenvalue weighted by atomic mass is 35.5. The minimum Gasteiger partial charge on any atom is -0.497 e. The monoisotopic (exact) mass is 375 g/mol. The van der Waals surface area contributed by atoms with Gasteiger partial charge in [0, 0.05) is 18.1 Å². The molecule has 26 heavy (non-hydrogen) atoms. The van der Waals surface area contributed by atoms with Crippen molar-refractivity contribution in [3.05, 3.63) is 47.5 Å². The number of carbonyl (C=O) groups is 1. The van der Waals surface area contributed by atoms with Crippen LogP contribution >= 0.6 is 11.6 Å². The average Bonchev–Trinajstić information content (AvgIpc) is 3.16. The summed E-state index contributed by atoms with van der Waals surface area (Å²) >= 11 is 6.08. The van der Waals surface area contributed by atoms with Crippen LogP contribution in [0, 0.1) is 0 Å². The SMILES string of the molecule is COc1ccc(Oc2ccc(Cl)cc2NC(=O)CCC2CCCO2)cc1. The van der Waals surface area contributed by atoms with Crippen LogP contribution in [0.15, 0.2) is 42.5 Å². The summed E-state index contributed by atoms with van der Waals surface area (Å²) < 4.78 is 16.6. The lowest BCUT2D eigenvalue weighted by atomic mass is 10.1. The van der Waals surface area contributed by atoms with Crippen molar-refractivity contribution in [2.24, 2.45) is 0 Å². The number of methoxy groups -OCH3 is 1. The van der Waals surface area contributed by atoms with Gasteiger partial charge in [0.25, 0.3) is 0 Å². The van der Waals surface area contributed by atoms with Crippen LogP contribution in [0.5, 0.6) is 17.2 Å². The lowest BCUT2D eigenvalue weighted by Crippen LogP contribution is -2.15. The van der Waals surface area contributed by atoms with Crippen molar-refractivity contribution in [3.8, 4) is 17.2 Å². The molecule has 1 saturated heterocycles. The first kappa shape index (κ1) is 18.5. The van der Waals surface area contributed by atoms with Crippen LogP contribution in [0.2, 0.25) is 5.02 Å². The molecule has 0 saturated carbocycles. The summed E-state index contributed by atoms with van der Waals surface area (Å²) in [6.07, 6.45) is 3.41. The molecule has 2 aromatic carbocycles. The zero-order valence-corrected chi connectivity index (χ0v) is 15.4. The zero-order valence-electron chi connectivity index (χ0n) is 14.7. The van der Waals surface area contributed by atoms with Crippen LogP contribution < -0.4 is 14.8 Å². The fourth-order valence-electron chi connectivity index (χ4n) is 2.84. The summed E-state index contributed by atoms with van der Waals surface area (Å²) in [4.78, 5) is 12.3. The molecule has 6 heteroatoms. The molecule has 1 fully saturated rings. The highest BCUT2D eigenvalue weighted by molar-refractivity contribution is 6.31. The van der Waals surface area contributed by atoms with Gasteiger partial charge in [0.05, 0.1) is 18.9 Å². The van der Waals surface area contributed by atoms with Crippen molar-refractivity contribution in [2.45, 2.75) is 31.8 Å². The molecule has 138 valence electrons. The first-order valence-electron chi connectivity index (χ1n) is 8.67. The van der Waals surface area contributed by atoms with Gasteiger partial charge in [-0.2, -0.15) is 0 Å². The minimum absolute atomic E-state index is 0.0812. The van der Waals surface area contributed by atoms with Gasteiger partial charge in [-0.3, -0.25) is 4.79 Å². The summed E-state index contributed by atoms with van der Waals surface area (Å²) in [6.45, 7) is 0.792. The fourth-order valence-corrected chi connectivity index (χ4v) is 3.01. The molecular weight excluding hydrogens is 354 g/mol. The Morgan fingerprint density at radius 3 is 2.69 bits per heavy atom.